The molecule has 1 amide bonds. The molecule has 1 N–H and O–H groups in total. The molecule has 1 unspecified atom stereocenters. The van der Waals surface area contributed by atoms with Crippen LogP contribution >= 0.6 is 11.6 Å². The lowest BCUT2D eigenvalue weighted by Gasteiger charge is -2.38. The number of aromatic nitrogens is 1. The quantitative estimate of drug-likeness (QED) is 0.850. The molecule has 144 valence electrons. The number of halogens is 3. The second-order valence-electron chi connectivity index (χ2n) is 6.25. The molecule has 1 aromatic heterocycles. The van der Waals surface area contributed by atoms with E-state index in [0.29, 0.717) is 25.5 Å². The number of carbonyl (C=O) groups is 1. The number of benzene rings is 1. The zero-order valence-corrected chi connectivity index (χ0v) is 15.3. The van der Waals surface area contributed by atoms with Crippen LogP contribution in [-0.2, 0) is 6.61 Å². The summed E-state index contributed by atoms with van der Waals surface area (Å²) in [6.45, 7) is 2.78. The molecule has 1 aliphatic heterocycles. The molecule has 0 radical (unpaired) electrons. The number of ether oxygens (including phenoxy) is 1. The smallest absolute Gasteiger partial charge is 0.407 e. The van der Waals surface area contributed by atoms with E-state index in [1.54, 1.807) is 6.92 Å². The molecule has 2 heterocycles. The highest BCUT2D eigenvalue weighted by Gasteiger charge is 2.28. The molecule has 1 saturated heterocycles. The van der Waals surface area contributed by atoms with E-state index in [1.165, 1.54) is 29.2 Å². The van der Waals surface area contributed by atoms with Gasteiger partial charge in [0, 0.05) is 36.3 Å². The van der Waals surface area contributed by atoms with Crippen LogP contribution in [0.3, 0.4) is 0 Å². The molecule has 1 atom stereocenters. The van der Waals surface area contributed by atoms with E-state index in [9.17, 15) is 13.6 Å². The summed E-state index contributed by atoms with van der Waals surface area (Å²) >= 11 is 5.71. The number of pyridine rings is 1. The minimum atomic E-state index is -0.969. The summed E-state index contributed by atoms with van der Waals surface area (Å²) in [6.07, 6.45) is -0.969. The van der Waals surface area contributed by atoms with E-state index in [2.05, 4.69) is 4.98 Å². The standard InChI is InChI=1S/C18H18ClF2N3O3/c1-11-9-23(6-7-24(11)18(25)26)16-5-4-14(20)17(22-16)27-10-12-2-3-13(19)8-15(12)21/h2-5,8,11H,6-7,9-10H2,1H3,(H,25,26). The molecule has 6 nitrogen and oxygen atoms in total. The fraction of sp³-hybridized carbons (Fsp3) is 0.333. The normalized spacial score (nSPS) is 17.1. The first kappa shape index (κ1) is 19.2. The Morgan fingerprint density at radius 2 is 2.07 bits per heavy atom. The van der Waals surface area contributed by atoms with Crippen LogP contribution in [0.25, 0.3) is 0 Å². The third-order valence-corrected chi connectivity index (χ3v) is 4.61. The van der Waals surface area contributed by atoms with Gasteiger partial charge < -0.3 is 19.6 Å². The third-order valence-electron chi connectivity index (χ3n) is 4.38. The zero-order valence-electron chi connectivity index (χ0n) is 14.5. The van der Waals surface area contributed by atoms with Gasteiger partial charge >= 0.3 is 6.09 Å². The highest BCUT2D eigenvalue weighted by Crippen LogP contribution is 2.24. The molecule has 3 rings (SSSR count). The summed E-state index contributed by atoms with van der Waals surface area (Å²) in [4.78, 5) is 18.5. The van der Waals surface area contributed by atoms with Crippen molar-refractivity contribution in [1.29, 1.82) is 0 Å². The van der Waals surface area contributed by atoms with Gasteiger partial charge in [0.25, 0.3) is 5.88 Å². The van der Waals surface area contributed by atoms with Crippen LogP contribution in [0.15, 0.2) is 30.3 Å². The highest BCUT2D eigenvalue weighted by molar-refractivity contribution is 6.30. The Kier molecular flexibility index (Phi) is 5.65. The fourth-order valence-corrected chi connectivity index (χ4v) is 3.08. The lowest BCUT2D eigenvalue weighted by Crippen LogP contribution is -2.53. The van der Waals surface area contributed by atoms with Gasteiger partial charge in [0.2, 0.25) is 0 Å². The van der Waals surface area contributed by atoms with Crippen molar-refractivity contribution in [3.8, 4) is 5.88 Å². The van der Waals surface area contributed by atoms with Crippen molar-refractivity contribution < 1.29 is 23.4 Å². The molecule has 2 aromatic rings. The van der Waals surface area contributed by atoms with E-state index < -0.39 is 17.7 Å². The largest absolute Gasteiger partial charge is 0.471 e. The average Bonchev–Trinajstić information content (AvgIpc) is 2.62. The summed E-state index contributed by atoms with van der Waals surface area (Å²) in [6, 6.07) is 6.65. The summed E-state index contributed by atoms with van der Waals surface area (Å²) in [7, 11) is 0. The van der Waals surface area contributed by atoms with E-state index >= 15 is 0 Å². The summed E-state index contributed by atoms with van der Waals surface area (Å²) in [5.74, 6) is -0.974. The molecule has 0 bridgehead atoms. The van der Waals surface area contributed by atoms with Crippen molar-refractivity contribution in [1.82, 2.24) is 9.88 Å². The maximum Gasteiger partial charge on any atom is 0.407 e. The first-order valence-electron chi connectivity index (χ1n) is 8.33. The van der Waals surface area contributed by atoms with E-state index in [4.69, 9.17) is 21.4 Å². The molecule has 1 aromatic carbocycles. The van der Waals surface area contributed by atoms with Gasteiger partial charge in [-0.3, -0.25) is 0 Å². The van der Waals surface area contributed by atoms with Crippen LogP contribution in [0, 0.1) is 11.6 Å². The Morgan fingerprint density at radius 1 is 1.30 bits per heavy atom. The van der Waals surface area contributed by atoms with Crippen LogP contribution < -0.4 is 9.64 Å². The van der Waals surface area contributed by atoms with Crippen molar-refractivity contribution in [2.24, 2.45) is 0 Å². The Balaban J connectivity index is 1.72. The Hall–Kier alpha value is -2.61. The Labute approximate surface area is 159 Å². The first-order valence-corrected chi connectivity index (χ1v) is 8.70. The Morgan fingerprint density at radius 3 is 2.74 bits per heavy atom. The van der Waals surface area contributed by atoms with Gasteiger partial charge in [-0.2, -0.15) is 4.98 Å². The lowest BCUT2D eigenvalue weighted by atomic mass is 10.2. The van der Waals surface area contributed by atoms with E-state index in [0.717, 1.165) is 6.07 Å². The number of hydrogen-bond acceptors (Lipinski definition) is 4. The minimum Gasteiger partial charge on any atom is -0.471 e. The van der Waals surface area contributed by atoms with Gasteiger partial charge in [0.15, 0.2) is 5.82 Å². The predicted octanol–water partition coefficient (Wildman–Crippen LogP) is 3.78. The number of amides is 1. The Bertz CT molecular complexity index is 853. The van der Waals surface area contributed by atoms with Crippen molar-refractivity contribution in [2.75, 3.05) is 24.5 Å². The first-order chi connectivity index (χ1) is 12.8. The molecular formula is C18H18ClF2N3O3. The van der Waals surface area contributed by atoms with Gasteiger partial charge in [-0.1, -0.05) is 17.7 Å². The van der Waals surface area contributed by atoms with E-state index in [-0.39, 0.29) is 29.1 Å². The molecule has 0 saturated carbocycles. The number of rotatable bonds is 4. The summed E-state index contributed by atoms with van der Waals surface area (Å²) in [5.41, 5.74) is 0.231. The SMILES string of the molecule is CC1CN(c2ccc(F)c(OCc3ccc(Cl)cc3F)n2)CCN1C(=O)O. The fourth-order valence-electron chi connectivity index (χ4n) is 2.93. The topological polar surface area (TPSA) is 65.9 Å². The van der Waals surface area contributed by atoms with Crippen molar-refractivity contribution in [2.45, 2.75) is 19.6 Å². The molecule has 27 heavy (non-hydrogen) atoms. The number of piperazine rings is 1. The lowest BCUT2D eigenvalue weighted by molar-refractivity contribution is 0.122. The van der Waals surface area contributed by atoms with Crippen LogP contribution in [0.2, 0.25) is 5.02 Å². The van der Waals surface area contributed by atoms with Crippen molar-refractivity contribution in [3.05, 3.63) is 52.6 Å². The molecule has 1 aliphatic rings. The van der Waals surface area contributed by atoms with Gasteiger partial charge in [0.1, 0.15) is 18.2 Å². The number of carboxylic acid groups (broad SMARTS) is 1. The zero-order chi connectivity index (χ0) is 19.6. The summed E-state index contributed by atoms with van der Waals surface area (Å²) in [5, 5.41) is 9.41. The maximum atomic E-state index is 14.0. The molecule has 0 aliphatic carbocycles. The number of hydrogen-bond donors (Lipinski definition) is 1. The number of nitrogens with zero attached hydrogens (tertiary/aromatic N) is 3. The monoisotopic (exact) mass is 397 g/mol. The molecule has 0 spiro atoms. The van der Waals surface area contributed by atoms with Crippen LogP contribution in [0.5, 0.6) is 5.88 Å². The predicted molar refractivity (Wildman–Crippen MR) is 96.3 cm³/mol. The van der Waals surface area contributed by atoms with Gasteiger partial charge in [-0.25, -0.2) is 13.6 Å². The van der Waals surface area contributed by atoms with E-state index in [1.807, 2.05) is 4.90 Å². The summed E-state index contributed by atoms with van der Waals surface area (Å²) < 4.78 is 33.2. The van der Waals surface area contributed by atoms with Gasteiger partial charge in [0.05, 0.1) is 0 Å². The number of anilines is 1. The maximum absolute atomic E-state index is 14.0. The minimum absolute atomic E-state index is 0.195. The van der Waals surface area contributed by atoms with Crippen LogP contribution in [0.1, 0.15) is 12.5 Å². The van der Waals surface area contributed by atoms with Gasteiger partial charge in [-0.05, 0) is 31.2 Å². The van der Waals surface area contributed by atoms with Crippen LogP contribution in [-0.4, -0.2) is 46.8 Å². The second-order valence-corrected chi connectivity index (χ2v) is 6.69. The second kappa shape index (κ2) is 7.96. The molecule has 9 heteroatoms. The van der Waals surface area contributed by atoms with Crippen LogP contribution in [0.4, 0.5) is 19.4 Å². The molecular weight excluding hydrogens is 380 g/mol. The van der Waals surface area contributed by atoms with Crippen molar-refractivity contribution in [3.63, 3.8) is 0 Å². The van der Waals surface area contributed by atoms with Gasteiger partial charge in [-0.15, -0.1) is 0 Å². The van der Waals surface area contributed by atoms with Crippen molar-refractivity contribution >= 4 is 23.5 Å². The highest BCUT2D eigenvalue weighted by atomic mass is 35.5. The molecule has 1 fully saturated rings. The average molecular weight is 398 g/mol. The third kappa shape index (κ3) is 4.39.